The molecular formula is C28H35N3O5S2. The summed E-state index contributed by atoms with van der Waals surface area (Å²) in [7, 11) is -2.01. The summed E-state index contributed by atoms with van der Waals surface area (Å²) < 4.78 is 40.8. The van der Waals surface area contributed by atoms with Crippen LogP contribution >= 0.6 is 11.3 Å². The maximum atomic E-state index is 13.9. The smallest absolute Gasteiger partial charge is 0.260 e. The number of piperidine rings is 1. The number of sulfonamides is 1. The molecule has 0 bridgehead atoms. The van der Waals surface area contributed by atoms with Crippen molar-refractivity contribution >= 4 is 42.6 Å². The number of nitrogens with zero attached hydrogens (tertiary/aromatic N) is 3. The van der Waals surface area contributed by atoms with E-state index in [2.05, 4.69) is 0 Å². The Labute approximate surface area is 228 Å². The van der Waals surface area contributed by atoms with Crippen LogP contribution in [0.2, 0.25) is 0 Å². The molecule has 0 N–H and O–H groups in total. The molecule has 2 aliphatic heterocycles. The zero-order valence-electron chi connectivity index (χ0n) is 22.2. The van der Waals surface area contributed by atoms with Crippen molar-refractivity contribution in [3.8, 4) is 5.75 Å². The molecule has 0 radical (unpaired) electrons. The fraction of sp³-hybridized carbons (Fsp3) is 0.500. The van der Waals surface area contributed by atoms with Gasteiger partial charge in [-0.15, -0.1) is 0 Å². The van der Waals surface area contributed by atoms with E-state index >= 15 is 0 Å². The van der Waals surface area contributed by atoms with Gasteiger partial charge in [-0.3, -0.25) is 9.69 Å². The number of hydrogen-bond acceptors (Lipinski definition) is 7. The quantitative estimate of drug-likeness (QED) is 0.369. The van der Waals surface area contributed by atoms with E-state index in [-0.39, 0.29) is 22.9 Å². The van der Waals surface area contributed by atoms with E-state index in [4.69, 9.17) is 14.5 Å². The number of carbonyl (C=O) groups excluding carboxylic acids is 1. The first-order chi connectivity index (χ1) is 18.3. The van der Waals surface area contributed by atoms with E-state index < -0.39 is 10.0 Å². The molecule has 204 valence electrons. The van der Waals surface area contributed by atoms with Gasteiger partial charge < -0.3 is 9.47 Å². The molecule has 10 heteroatoms. The van der Waals surface area contributed by atoms with Gasteiger partial charge in [-0.25, -0.2) is 13.4 Å². The highest BCUT2D eigenvalue weighted by atomic mass is 32.2. The Kier molecular flexibility index (Phi) is 8.04. The fourth-order valence-corrected chi connectivity index (χ4v) is 8.20. The Morgan fingerprint density at radius 2 is 1.95 bits per heavy atom. The van der Waals surface area contributed by atoms with Gasteiger partial charge in [-0.05, 0) is 74.9 Å². The van der Waals surface area contributed by atoms with Crippen LogP contribution in [0.3, 0.4) is 0 Å². The van der Waals surface area contributed by atoms with Crippen molar-refractivity contribution in [3.63, 3.8) is 0 Å². The second-order valence-corrected chi connectivity index (χ2v) is 12.9. The zero-order valence-corrected chi connectivity index (χ0v) is 23.8. The molecule has 3 aromatic rings. The number of hydrogen-bond donors (Lipinski definition) is 0. The first-order valence-corrected chi connectivity index (χ1v) is 15.6. The van der Waals surface area contributed by atoms with Crippen LogP contribution in [0.15, 0.2) is 41.3 Å². The van der Waals surface area contributed by atoms with Crippen LogP contribution in [0, 0.1) is 6.92 Å². The molecule has 2 fully saturated rings. The van der Waals surface area contributed by atoms with Crippen molar-refractivity contribution in [1.82, 2.24) is 9.29 Å². The lowest BCUT2D eigenvalue weighted by molar-refractivity contribution is 0.0917. The molecule has 2 saturated heterocycles. The highest BCUT2D eigenvalue weighted by molar-refractivity contribution is 7.89. The van der Waals surface area contributed by atoms with Crippen LogP contribution < -0.4 is 9.64 Å². The number of benzene rings is 2. The number of amides is 1. The number of thiazole rings is 1. The average Bonchev–Trinajstić information content (AvgIpc) is 3.62. The van der Waals surface area contributed by atoms with Gasteiger partial charge in [0.1, 0.15) is 11.3 Å². The highest BCUT2D eigenvalue weighted by Crippen LogP contribution is 2.37. The largest absolute Gasteiger partial charge is 0.494 e. The molecule has 2 aliphatic rings. The van der Waals surface area contributed by atoms with Crippen molar-refractivity contribution in [3.05, 3.63) is 47.5 Å². The number of carbonyl (C=O) groups is 1. The summed E-state index contributed by atoms with van der Waals surface area (Å²) >= 11 is 1.45. The zero-order chi connectivity index (χ0) is 26.9. The lowest BCUT2D eigenvalue weighted by Gasteiger charge is -2.34. The maximum Gasteiger partial charge on any atom is 0.260 e. The van der Waals surface area contributed by atoms with E-state index in [0.29, 0.717) is 36.1 Å². The number of anilines is 1. The summed E-state index contributed by atoms with van der Waals surface area (Å²) in [6, 6.07) is 10.2. The molecule has 1 aromatic heterocycles. The molecule has 2 atom stereocenters. The van der Waals surface area contributed by atoms with Crippen LogP contribution in [-0.4, -0.2) is 62.6 Å². The minimum absolute atomic E-state index is 0.0245. The second-order valence-electron chi connectivity index (χ2n) is 10.0. The monoisotopic (exact) mass is 557 g/mol. The normalized spacial score (nSPS) is 20.6. The predicted octanol–water partition coefficient (Wildman–Crippen LogP) is 5.39. The number of rotatable bonds is 8. The van der Waals surface area contributed by atoms with Crippen LogP contribution in [0.1, 0.15) is 61.4 Å². The van der Waals surface area contributed by atoms with Gasteiger partial charge in [0.05, 0.1) is 29.4 Å². The van der Waals surface area contributed by atoms with Crippen LogP contribution in [0.5, 0.6) is 5.75 Å². The number of aryl methyl sites for hydroxylation is 1. The molecular weight excluding hydrogens is 522 g/mol. The standard InChI is InChI=1S/C28H35N3O5S2/c1-4-21-8-5-6-16-31(21)38(33,34)23-13-11-20(12-14-23)27(32)30(18-22-9-7-17-36-22)28-29-25-24(35-3)15-10-19(2)26(25)37-28/h10-15,21-22H,4-9,16-18H2,1-3H3. The summed E-state index contributed by atoms with van der Waals surface area (Å²) in [6.07, 6.45) is 5.37. The molecule has 0 aliphatic carbocycles. The number of fused-ring (bicyclic) bond motifs is 1. The van der Waals surface area contributed by atoms with Crippen molar-refractivity contribution < 1.29 is 22.7 Å². The predicted molar refractivity (Wildman–Crippen MR) is 150 cm³/mol. The molecule has 2 aromatic carbocycles. The lowest BCUT2D eigenvalue weighted by atomic mass is 10.0. The third kappa shape index (κ3) is 5.19. The van der Waals surface area contributed by atoms with E-state index in [1.165, 1.54) is 11.3 Å². The van der Waals surface area contributed by atoms with Gasteiger partial charge in [-0.1, -0.05) is 30.7 Å². The van der Waals surface area contributed by atoms with Crippen LogP contribution in [0.25, 0.3) is 10.2 Å². The Hall–Kier alpha value is -2.53. The van der Waals surface area contributed by atoms with E-state index in [0.717, 1.165) is 54.3 Å². The summed E-state index contributed by atoms with van der Waals surface area (Å²) in [5.74, 6) is 0.430. The molecule has 5 rings (SSSR count). The Morgan fingerprint density at radius 3 is 2.63 bits per heavy atom. The molecule has 2 unspecified atom stereocenters. The second kappa shape index (κ2) is 11.3. The first-order valence-electron chi connectivity index (χ1n) is 13.3. The maximum absolute atomic E-state index is 13.9. The van der Waals surface area contributed by atoms with Gasteiger partial charge >= 0.3 is 0 Å². The van der Waals surface area contributed by atoms with Gasteiger partial charge in [0.2, 0.25) is 10.0 Å². The van der Waals surface area contributed by atoms with Gasteiger partial charge in [0.25, 0.3) is 5.91 Å². The summed E-state index contributed by atoms with van der Waals surface area (Å²) in [5.41, 5.74) is 2.20. The molecule has 8 nitrogen and oxygen atoms in total. The van der Waals surface area contributed by atoms with E-state index in [1.807, 2.05) is 26.0 Å². The number of aromatic nitrogens is 1. The first kappa shape index (κ1) is 27.1. The summed E-state index contributed by atoms with van der Waals surface area (Å²) in [5, 5.41) is 0.573. The SMILES string of the molecule is CCC1CCCCN1S(=O)(=O)c1ccc(C(=O)N(CC2CCCO2)c2nc3c(OC)ccc(C)c3s2)cc1. The van der Waals surface area contributed by atoms with Crippen molar-refractivity contribution in [2.45, 2.75) is 69.4 Å². The summed E-state index contributed by atoms with van der Waals surface area (Å²) in [6.45, 7) is 5.65. The van der Waals surface area contributed by atoms with Crippen LogP contribution in [-0.2, 0) is 14.8 Å². The fourth-order valence-electron chi connectivity index (χ4n) is 5.38. The third-order valence-electron chi connectivity index (χ3n) is 7.55. The number of methoxy groups -OCH3 is 1. The Balaban J connectivity index is 1.46. The van der Waals surface area contributed by atoms with E-state index in [9.17, 15) is 13.2 Å². The molecule has 3 heterocycles. The summed E-state index contributed by atoms with van der Waals surface area (Å²) in [4.78, 5) is 20.6. The number of ether oxygens (including phenoxy) is 2. The van der Waals surface area contributed by atoms with Crippen molar-refractivity contribution in [2.75, 3.05) is 31.7 Å². The van der Waals surface area contributed by atoms with Crippen molar-refractivity contribution in [1.29, 1.82) is 0 Å². The topological polar surface area (TPSA) is 89.0 Å². The minimum Gasteiger partial charge on any atom is -0.494 e. The van der Waals surface area contributed by atoms with Gasteiger partial charge in [0.15, 0.2) is 5.13 Å². The molecule has 38 heavy (non-hydrogen) atoms. The van der Waals surface area contributed by atoms with Gasteiger partial charge in [-0.2, -0.15) is 4.31 Å². The van der Waals surface area contributed by atoms with E-state index in [1.54, 1.807) is 40.6 Å². The van der Waals surface area contributed by atoms with Gasteiger partial charge in [0, 0.05) is 24.8 Å². The molecule has 0 saturated carbocycles. The third-order valence-corrected chi connectivity index (χ3v) is 10.7. The molecule has 1 amide bonds. The average molecular weight is 558 g/mol. The van der Waals surface area contributed by atoms with Crippen molar-refractivity contribution in [2.24, 2.45) is 0 Å². The molecule has 0 spiro atoms. The lowest BCUT2D eigenvalue weighted by Crippen LogP contribution is -2.43. The Morgan fingerprint density at radius 1 is 1.16 bits per heavy atom. The van der Waals surface area contributed by atoms with Crippen LogP contribution in [0.4, 0.5) is 5.13 Å². The highest BCUT2D eigenvalue weighted by Gasteiger charge is 2.33. The Bertz CT molecular complexity index is 1400. The minimum atomic E-state index is -3.62.